The summed E-state index contributed by atoms with van der Waals surface area (Å²) in [5, 5.41) is 2.76. The van der Waals surface area contributed by atoms with Crippen molar-refractivity contribution in [1.29, 1.82) is 0 Å². The van der Waals surface area contributed by atoms with Crippen molar-refractivity contribution in [2.75, 3.05) is 18.1 Å². The fourth-order valence-corrected chi connectivity index (χ4v) is 2.99. The summed E-state index contributed by atoms with van der Waals surface area (Å²) in [4.78, 5) is 16.4. The molecule has 2 aromatic rings. The maximum Gasteiger partial charge on any atom is 0.239 e. The molecule has 2 rings (SSSR count). The summed E-state index contributed by atoms with van der Waals surface area (Å²) in [5.41, 5.74) is 3.29. The molecule has 24 heavy (non-hydrogen) atoms. The molecule has 0 saturated carbocycles. The number of carbonyl (C=O) groups excluding carboxylic acids is 1. The Labute approximate surface area is 142 Å². The molecule has 0 aliphatic rings. The summed E-state index contributed by atoms with van der Waals surface area (Å²) in [5.74, 6) is -0.386. The molecule has 1 aromatic heterocycles. The van der Waals surface area contributed by atoms with Gasteiger partial charge in [-0.1, -0.05) is 23.8 Å². The lowest BCUT2D eigenvalue weighted by Crippen LogP contribution is -2.37. The minimum absolute atomic E-state index is 0.0555. The Morgan fingerprint density at radius 2 is 1.96 bits per heavy atom. The Morgan fingerprint density at radius 3 is 2.54 bits per heavy atom. The van der Waals surface area contributed by atoms with Crippen molar-refractivity contribution in [2.45, 2.75) is 20.4 Å². The van der Waals surface area contributed by atoms with Gasteiger partial charge in [0.2, 0.25) is 15.9 Å². The van der Waals surface area contributed by atoms with E-state index in [9.17, 15) is 13.2 Å². The molecule has 0 bridgehead atoms. The van der Waals surface area contributed by atoms with Crippen molar-refractivity contribution < 1.29 is 13.2 Å². The number of carbonyl (C=O) groups is 1. The molecule has 0 atom stereocenters. The van der Waals surface area contributed by atoms with Crippen LogP contribution in [0.25, 0.3) is 0 Å². The maximum absolute atomic E-state index is 12.3. The monoisotopic (exact) mass is 347 g/mol. The number of nitrogens with zero attached hydrogens (tertiary/aromatic N) is 2. The standard InChI is InChI=1S/C17H21N3O3S/c1-13-7-8-16(14(2)10-13)19-17(21)12-20(24(3,22)23)11-15-6-4-5-9-18-15/h4-10H,11-12H2,1-3H3,(H,19,21). The van der Waals surface area contributed by atoms with Crippen LogP contribution in [0.1, 0.15) is 16.8 Å². The fourth-order valence-electron chi connectivity index (χ4n) is 2.27. The molecule has 0 radical (unpaired) electrons. The van der Waals surface area contributed by atoms with Gasteiger partial charge in [0.15, 0.2) is 0 Å². The van der Waals surface area contributed by atoms with Gasteiger partial charge < -0.3 is 5.32 Å². The van der Waals surface area contributed by atoms with Gasteiger partial charge in [-0.3, -0.25) is 9.78 Å². The predicted octanol–water partition coefficient (Wildman–Crippen LogP) is 2.10. The van der Waals surface area contributed by atoms with E-state index >= 15 is 0 Å². The number of aryl methyl sites for hydroxylation is 2. The van der Waals surface area contributed by atoms with Crippen LogP contribution >= 0.6 is 0 Å². The average molecular weight is 347 g/mol. The van der Waals surface area contributed by atoms with E-state index in [2.05, 4.69) is 10.3 Å². The number of sulfonamides is 1. The summed E-state index contributed by atoms with van der Waals surface area (Å²) in [6.45, 7) is 3.66. The van der Waals surface area contributed by atoms with Gasteiger partial charge in [-0.05, 0) is 37.6 Å². The van der Waals surface area contributed by atoms with Crippen molar-refractivity contribution in [3.8, 4) is 0 Å². The van der Waals surface area contributed by atoms with Crippen LogP contribution in [-0.4, -0.2) is 36.4 Å². The number of amides is 1. The lowest BCUT2D eigenvalue weighted by atomic mass is 10.1. The lowest BCUT2D eigenvalue weighted by molar-refractivity contribution is -0.116. The van der Waals surface area contributed by atoms with Crippen LogP contribution in [0.3, 0.4) is 0 Å². The van der Waals surface area contributed by atoms with Crippen LogP contribution in [-0.2, 0) is 21.4 Å². The van der Waals surface area contributed by atoms with E-state index in [1.807, 2.05) is 32.0 Å². The summed E-state index contributed by atoms with van der Waals surface area (Å²) in [6, 6.07) is 10.9. The van der Waals surface area contributed by atoms with Crippen molar-refractivity contribution >= 4 is 21.6 Å². The molecular formula is C17H21N3O3S. The zero-order valence-electron chi connectivity index (χ0n) is 14.0. The van der Waals surface area contributed by atoms with Crippen molar-refractivity contribution in [1.82, 2.24) is 9.29 Å². The Bertz CT molecular complexity index is 820. The van der Waals surface area contributed by atoms with Gasteiger partial charge in [0.05, 0.1) is 25.0 Å². The molecule has 1 amide bonds. The quantitative estimate of drug-likeness (QED) is 0.868. The summed E-state index contributed by atoms with van der Waals surface area (Å²) in [7, 11) is -3.53. The minimum atomic E-state index is -3.53. The van der Waals surface area contributed by atoms with Crippen LogP contribution < -0.4 is 5.32 Å². The number of anilines is 1. The second-order valence-corrected chi connectivity index (χ2v) is 7.70. The topological polar surface area (TPSA) is 79.4 Å². The molecule has 0 spiro atoms. The number of rotatable bonds is 6. The van der Waals surface area contributed by atoms with Gasteiger partial charge in [0, 0.05) is 11.9 Å². The zero-order chi connectivity index (χ0) is 17.7. The van der Waals surface area contributed by atoms with Crippen LogP contribution in [0.4, 0.5) is 5.69 Å². The highest BCUT2D eigenvalue weighted by molar-refractivity contribution is 7.88. The molecular weight excluding hydrogens is 326 g/mol. The van der Waals surface area contributed by atoms with E-state index < -0.39 is 10.0 Å². The number of hydrogen-bond acceptors (Lipinski definition) is 4. The molecule has 0 unspecified atom stereocenters. The Balaban J connectivity index is 2.10. The normalized spacial score (nSPS) is 11.5. The first-order valence-corrected chi connectivity index (χ1v) is 9.32. The molecule has 1 aromatic carbocycles. The smallest absolute Gasteiger partial charge is 0.239 e. The van der Waals surface area contributed by atoms with E-state index in [-0.39, 0.29) is 19.0 Å². The average Bonchev–Trinajstić information content (AvgIpc) is 2.49. The van der Waals surface area contributed by atoms with Gasteiger partial charge in [0.25, 0.3) is 0 Å². The molecule has 0 saturated heterocycles. The molecule has 1 N–H and O–H groups in total. The van der Waals surface area contributed by atoms with Crippen LogP contribution in [0.5, 0.6) is 0 Å². The van der Waals surface area contributed by atoms with E-state index in [0.717, 1.165) is 21.7 Å². The molecule has 0 aliphatic carbocycles. The van der Waals surface area contributed by atoms with Gasteiger partial charge in [-0.25, -0.2) is 8.42 Å². The minimum Gasteiger partial charge on any atom is -0.325 e. The molecule has 0 fully saturated rings. The summed E-state index contributed by atoms with van der Waals surface area (Å²) < 4.78 is 25.0. The maximum atomic E-state index is 12.3. The van der Waals surface area contributed by atoms with E-state index in [1.54, 1.807) is 24.4 Å². The Kier molecular flexibility index (Phi) is 5.69. The third-order valence-corrected chi connectivity index (χ3v) is 4.71. The predicted molar refractivity (Wildman–Crippen MR) is 94.0 cm³/mol. The summed E-state index contributed by atoms with van der Waals surface area (Å²) in [6.07, 6.45) is 2.67. The van der Waals surface area contributed by atoms with Gasteiger partial charge >= 0.3 is 0 Å². The number of aromatic nitrogens is 1. The van der Waals surface area contributed by atoms with Crippen LogP contribution in [0.15, 0.2) is 42.6 Å². The van der Waals surface area contributed by atoms with Gasteiger partial charge in [-0.2, -0.15) is 4.31 Å². The molecule has 1 heterocycles. The third-order valence-electron chi connectivity index (χ3n) is 3.51. The Morgan fingerprint density at radius 1 is 1.21 bits per heavy atom. The van der Waals surface area contributed by atoms with Crippen molar-refractivity contribution in [2.24, 2.45) is 0 Å². The zero-order valence-corrected chi connectivity index (χ0v) is 14.8. The second-order valence-electron chi connectivity index (χ2n) is 5.72. The highest BCUT2D eigenvalue weighted by Crippen LogP contribution is 2.16. The molecule has 7 heteroatoms. The molecule has 0 aliphatic heterocycles. The van der Waals surface area contributed by atoms with E-state index in [4.69, 9.17) is 0 Å². The number of pyridine rings is 1. The lowest BCUT2D eigenvalue weighted by Gasteiger charge is -2.19. The van der Waals surface area contributed by atoms with E-state index in [0.29, 0.717) is 11.4 Å². The van der Waals surface area contributed by atoms with Crippen LogP contribution in [0, 0.1) is 13.8 Å². The first-order valence-electron chi connectivity index (χ1n) is 7.48. The SMILES string of the molecule is Cc1ccc(NC(=O)CN(Cc2ccccn2)S(C)(=O)=O)c(C)c1. The fraction of sp³-hybridized carbons (Fsp3) is 0.294. The highest BCUT2D eigenvalue weighted by Gasteiger charge is 2.21. The van der Waals surface area contributed by atoms with Gasteiger partial charge in [0.1, 0.15) is 0 Å². The number of hydrogen-bond donors (Lipinski definition) is 1. The first kappa shape index (κ1) is 18.1. The van der Waals surface area contributed by atoms with Crippen molar-refractivity contribution in [3.63, 3.8) is 0 Å². The third kappa shape index (κ3) is 5.14. The van der Waals surface area contributed by atoms with E-state index in [1.165, 1.54) is 0 Å². The second kappa shape index (κ2) is 7.55. The van der Waals surface area contributed by atoms with Gasteiger partial charge in [-0.15, -0.1) is 0 Å². The summed E-state index contributed by atoms with van der Waals surface area (Å²) >= 11 is 0. The largest absolute Gasteiger partial charge is 0.325 e. The van der Waals surface area contributed by atoms with Crippen LogP contribution in [0.2, 0.25) is 0 Å². The first-order chi connectivity index (χ1) is 11.3. The Hall–Kier alpha value is -2.25. The molecule has 128 valence electrons. The number of benzene rings is 1. The number of nitrogens with one attached hydrogen (secondary N) is 1. The highest BCUT2D eigenvalue weighted by atomic mass is 32.2. The molecule has 6 nitrogen and oxygen atoms in total. The van der Waals surface area contributed by atoms with Crippen molar-refractivity contribution in [3.05, 3.63) is 59.4 Å².